The van der Waals surface area contributed by atoms with Gasteiger partial charge in [0.15, 0.2) is 5.82 Å². The molecule has 0 aliphatic carbocycles. The Labute approximate surface area is 171 Å². The van der Waals surface area contributed by atoms with Gasteiger partial charge in [-0.1, -0.05) is 13.8 Å². The molecule has 1 atom stereocenters. The number of hydrogen-bond acceptors (Lipinski definition) is 7. The average molecular weight is 419 g/mol. The minimum absolute atomic E-state index is 0.0454. The van der Waals surface area contributed by atoms with Crippen molar-refractivity contribution in [3.8, 4) is 11.5 Å². The van der Waals surface area contributed by atoms with Gasteiger partial charge in [-0.25, -0.2) is 17.9 Å². The Morgan fingerprint density at radius 3 is 2.79 bits per heavy atom. The Hall–Kier alpha value is -2.46. The monoisotopic (exact) mass is 418 g/mol. The van der Waals surface area contributed by atoms with E-state index >= 15 is 0 Å². The van der Waals surface area contributed by atoms with Crippen LogP contribution in [0.1, 0.15) is 32.0 Å². The van der Waals surface area contributed by atoms with E-state index < -0.39 is 16.1 Å². The Morgan fingerprint density at radius 1 is 1.34 bits per heavy atom. The number of hydrogen-bond donors (Lipinski definition) is 2. The molecular formula is C19H26N6O3S. The number of anilines is 1. The van der Waals surface area contributed by atoms with Crippen molar-refractivity contribution in [2.45, 2.75) is 39.2 Å². The van der Waals surface area contributed by atoms with Gasteiger partial charge in [-0.05, 0) is 31.5 Å². The van der Waals surface area contributed by atoms with Gasteiger partial charge in [0.25, 0.3) is 0 Å². The fourth-order valence-electron chi connectivity index (χ4n) is 3.84. The number of aryl methyl sites for hydroxylation is 1. The number of morpholine rings is 1. The second kappa shape index (κ2) is 7.42. The van der Waals surface area contributed by atoms with Crippen LogP contribution >= 0.6 is 0 Å². The first-order valence-corrected chi connectivity index (χ1v) is 11.0. The van der Waals surface area contributed by atoms with E-state index in [-0.39, 0.29) is 11.8 Å². The van der Waals surface area contributed by atoms with Crippen LogP contribution in [0, 0.1) is 6.92 Å². The second-order valence-corrected chi connectivity index (χ2v) is 9.19. The van der Waals surface area contributed by atoms with E-state index in [2.05, 4.69) is 27.0 Å². The highest BCUT2D eigenvalue weighted by molar-refractivity contribution is 7.72. The normalized spacial score (nSPS) is 18.1. The van der Waals surface area contributed by atoms with Gasteiger partial charge in [0, 0.05) is 12.0 Å². The highest BCUT2D eigenvalue weighted by Gasteiger charge is 2.29. The van der Waals surface area contributed by atoms with Crippen LogP contribution in [0.5, 0.6) is 0 Å². The summed E-state index contributed by atoms with van der Waals surface area (Å²) in [5.74, 6) is 1.48. The molecule has 1 N–H and O–H groups in total. The van der Waals surface area contributed by atoms with Gasteiger partial charge < -0.3 is 9.64 Å². The third-order valence-corrected chi connectivity index (χ3v) is 6.40. The van der Waals surface area contributed by atoms with Gasteiger partial charge in [0.1, 0.15) is 22.2 Å². The molecule has 1 saturated heterocycles. The lowest BCUT2D eigenvalue weighted by atomic mass is 9.86. The molecule has 0 unspecified atom stereocenters. The summed E-state index contributed by atoms with van der Waals surface area (Å²) in [5, 5.41) is 12.1. The largest absolute Gasteiger partial charge is 0.377 e. The van der Waals surface area contributed by atoms with Crippen LogP contribution in [0.15, 0.2) is 18.3 Å². The van der Waals surface area contributed by atoms with E-state index in [4.69, 9.17) is 9.84 Å². The number of nitrogens with one attached hydrogen (secondary N) is 1. The van der Waals surface area contributed by atoms with Gasteiger partial charge >= 0.3 is 0 Å². The molecule has 0 radical (unpaired) electrons. The quantitative estimate of drug-likeness (QED) is 0.606. The van der Waals surface area contributed by atoms with Crippen LogP contribution in [-0.2, 0) is 20.9 Å². The van der Waals surface area contributed by atoms with Crippen molar-refractivity contribution in [1.29, 1.82) is 0 Å². The molecule has 10 heteroatoms. The molecule has 29 heavy (non-hydrogen) atoms. The molecule has 0 spiro atoms. The number of fused-ring (bicyclic) bond motifs is 1. The predicted octanol–water partition coefficient (Wildman–Crippen LogP) is 1.54. The summed E-state index contributed by atoms with van der Waals surface area (Å²) in [4.78, 5) is 6.77. The summed E-state index contributed by atoms with van der Waals surface area (Å²) in [5.41, 5.74) is 2.72. The van der Waals surface area contributed by atoms with E-state index in [0.29, 0.717) is 19.0 Å². The molecule has 156 valence electrons. The third kappa shape index (κ3) is 3.74. The van der Waals surface area contributed by atoms with Gasteiger partial charge in [-0.2, -0.15) is 5.10 Å². The van der Waals surface area contributed by atoms with E-state index in [1.807, 2.05) is 32.9 Å². The third-order valence-electron chi connectivity index (χ3n) is 5.35. The zero-order valence-electron chi connectivity index (χ0n) is 17.0. The van der Waals surface area contributed by atoms with Crippen LogP contribution in [-0.4, -0.2) is 64.8 Å². The van der Waals surface area contributed by atoms with Crippen LogP contribution in [0.4, 0.5) is 5.82 Å². The van der Waals surface area contributed by atoms with E-state index in [0.717, 1.165) is 34.8 Å². The van der Waals surface area contributed by atoms with E-state index in [1.165, 1.54) is 0 Å². The van der Waals surface area contributed by atoms with Crippen molar-refractivity contribution in [2.24, 2.45) is 0 Å². The molecular weight excluding hydrogens is 392 g/mol. The Balaban J connectivity index is 1.94. The predicted molar refractivity (Wildman–Crippen MR) is 111 cm³/mol. The molecule has 3 aromatic heterocycles. The average Bonchev–Trinajstić information content (AvgIpc) is 3.26. The SMILES string of the molecule is Cc1cc(-c2ncc3c(C(C)(C)C[SH](=O)=O)cc(N4CCOC[C@H]4C)nn23)[nH]n1. The smallest absolute Gasteiger partial charge is 0.179 e. The first-order chi connectivity index (χ1) is 13.8. The number of thiol groups is 1. The van der Waals surface area contributed by atoms with Gasteiger partial charge in [-0.3, -0.25) is 5.10 Å². The summed E-state index contributed by atoms with van der Waals surface area (Å²) in [6.45, 7) is 9.86. The number of H-pyrrole nitrogens is 1. The zero-order valence-corrected chi connectivity index (χ0v) is 17.9. The Morgan fingerprint density at radius 2 is 2.14 bits per heavy atom. The molecule has 1 aliphatic rings. The molecule has 0 bridgehead atoms. The van der Waals surface area contributed by atoms with Crippen molar-refractivity contribution in [3.05, 3.63) is 29.6 Å². The fraction of sp³-hybridized carbons (Fsp3) is 0.526. The zero-order chi connectivity index (χ0) is 20.8. The standard InChI is InChI=1S/C19H26N6O3S/c1-12-7-15(22-21-12)18-20-9-16-14(19(3,4)11-29(26)27)8-17(23-25(16)18)24-5-6-28-10-13(24)2/h7-9,13,29H,5-6,10-11H2,1-4H3,(H,21,22)/t13-/m1/s1. The lowest BCUT2D eigenvalue weighted by Crippen LogP contribution is -2.44. The maximum absolute atomic E-state index is 11.6. The van der Waals surface area contributed by atoms with E-state index in [1.54, 1.807) is 10.7 Å². The summed E-state index contributed by atoms with van der Waals surface area (Å²) >= 11 is 0. The van der Waals surface area contributed by atoms with Crippen LogP contribution in [0.2, 0.25) is 0 Å². The minimum Gasteiger partial charge on any atom is -0.377 e. The first kappa shape index (κ1) is 19.8. The molecule has 9 nitrogen and oxygen atoms in total. The van der Waals surface area contributed by atoms with Gasteiger partial charge in [0.2, 0.25) is 0 Å². The number of aromatic nitrogens is 5. The number of nitrogens with zero attached hydrogens (tertiary/aromatic N) is 5. The molecule has 4 rings (SSSR count). The molecule has 0 amide bonds. The van der Waals surface area contributed by atoms with Crippen LogP contribution in [0.25, 0.3) is 17.0 Å². The molecule has 4 heterocycles. The van der Waals surface area contributed by atoms with Crippen molar-refractivity contribution in [3.63, 3.8) is 0 Å². The highest BCUT2D eigenvalue weighted by atomic mass is 32.2. The maximum Gasteiger partial charge on any atom is 0.179 e. The van der Waals surface area contributed by atoms with Gasteiger partial charge in [0.05, 0.1) is 42.4 Å². The van der Waals surface area contributed by atoms with Crippen molar-refractivity contribution < 1.29 is 13.2 Å². The second-order valence-electron chi connectivity index (χ2n) is 8.21. The topological polar surface area (TPSA) is 105 Å². The summed E-state index contributed by atoms with van der Waals surface area (Å²) in [7, 11) is -2.53. The molecule has 0 saturated carbocycles. The highest BCUT2D eigenvalue weighted by Crippen LogP contribution is 2.33. The molecule has 1 fully saturated rings. The number of rotatable bonds is 5. The van der Waals surface area contributed by atoms with Gasteiger partial charge in [-0.15, -0.1) is 5.10 Å². The lowest BCUT2D eigenvalue weighted by Gasteiger charge is -2.35. The number of ether oxygens (including phenoxy) is 1. The Bertz CT molecular complexity index is 1110. The van der Waals surface area contributed by atoms with Crippen LogP contribution in [0.3, 0.4) is 0 Å². The van der Waals surface area contributed by atoms with Crippen LogP contribution < -0.4 is 4.90 Å². The Kier molecular flexibility index (Phi) is 5.07. The summed E-state index contributed by atoms with van der Waals surface area (Å²) in [6.07, 6.45) is 1.75. The van der Waals surface area contributed by atoms with E-state index in [9.17, 15) is 8.42 Å². The molecule has 0 aromatic carbocycles. The van der Waals surface area contributed by atoms with Crippen molar-refractivity contribution in [2.75, 3.05) is 30.4 Å². The fourth-order valence-corrected chi connectivity index (χ4v) is 4.66. The van der Waals surface area contributed by atoms with Crippen molar-refractivity contribution >= 4 is 22.0 Å². The lowest BCUT2D eigenvalue weighted by molar-refractivity contribution is 0.0984. The molecule has 1 aliphatic heterocycles. The number of aromatic amines is 1. The molecule has 3 aromatic rings. The first-order valence-electron chi connectivity index (χ1n) is 9.64. The summed E-state index contributed by atoms with van der Waals surface area (Å²) in [6, 6.07) is 4.08. The maximum atomic E-state index is 11.6. The number of imidazole rings is 1. The summed E-state index contributed by atoms with van der Waals surface area (Å²) < 4.78 is 30.5. The van der Waals surface area contributed by atoms with Crippen molar-refractivity contribution in [1.82, 2.24) is 24.8 Å². The minimum atomic E-state index is -2.53.